The number of rotatable bonds is 10. The summed E-state index contributed by atoms with van der Waals surface area (Å²) in [6, 6.07) is 0.671. The van der Waals surface area contributed by atoms with Crippen LogP contribution < -0.4 is 5.32 Å². The second-order valence-corrected chi connectivity index (χ2v) is 7.77. The number of nitrogens with zero attached hydrogens (tertiary/aromatic N) is 1. The van der Waals surface area contributed by atoms with E-state index in [1.54, 1.807) is 11.4 Å². The molecule has 0 saturated heterocycles. The Hall–Kier alpha value is -0.170. The van der Waals surface area contributed by atoms with Crippen molar-refractivity contribution >= 4 is 10.0 Å². The van der Waals surface area contributed by atoms with Crippen LogP contribution in [-0.2, 0) is 14.8 Å². The van der Waals surface area contributed by atoms with E-state index in [9.17, 15) is 8.42 Å². The van der Waals surface area contributed by atoms with Crippen LogP contribution in [0.4, 0.5) is 0 Å². The van der Waals surface area contributed by atoms with E-state index < -0.39 is 10.0 Å². The fourth-order valence-electron chi connectivity index (χ4n) is 2.39. The van der Waals surface area contributed by atoms with Crippen molar-refractivity contribution in [2.45, 2.75) is 44.7 Å². The molecule has 0 aliphatic heterocycles. The van der Waals surface area contributed by atoms with Gasteiger partial charge in [0.15, 0.2) is 0 Å². The van der Waals surface area contributed by atoms with Crippen LogP contribution in [0.15, 0.2) is 0 Å². The normalized spacial score (nSPS) is 21.8. The molecule has 112 valence electrons. The number of hydrogen-bond donors (Lipinski definition) is 1. The molecular formula is C13H26N2O3S. The Labute approximate surface area is 116 Å². The van der Waals surface area contributed by atoms with Gasteiger partial charge in [0.2, 0.25) is 10.0 Å². The summed E-state index contributed by atoms with van der Waals surface area (Å²) in [5.41, 5.74) is 0. The zero-order valence-electron chi connectivity index (χ0n) is 12.0. The van der Waals surface area contributed by atoms with Gasteiger partial charge in [0, 0.05) is 32.3 Å². The van der Waals surface area contributed by atoms with Crippen LogP contribution in [0.5, 0.6) is 0 Å². The van der Waals surface area contributed by atoms with Crippen LogP contribution in [0.1, 0.15) is 32.6 Å². The number of methoxy groups -OCH3 is 1. The van der Waals surface area contributed by atoms with Crippen molar-refractivity contribution < 1.29 is 13.2 Å². The van der Waals surface area contributed by atoms with Crippen LogP contribution in [0, 0.1) is 5.92 Å². The van der Waals surface area contributed by atoms with Crippen molar-refractivity contribution in [3.63, 3.8) is 0 Å². The van der Waals surface area contributed by atoms with E-state index >= 15 is 0 Å². The van der Waals surface area contributed by atoms with E-state index in [0.29, 0.717) is 31.7 Å². The van der Waals surface area contributed by atoms with E-state index in [1.165, 1.54) is 12.8 Å². The van der Waals surface area contributed by atoms with Crippen LogP contribution in [0.25, 0.3) is 0 Å². The van der Waals surface area contributed by atoms with Crippen molar-refractivity contribution in [2.24, 2.45) is 5.92 Å². The molecule has 0 amide bonds. The fraction of sp³-hybridized carbons (Fsp3) is 1.00. The van der Waals surface area contributed by atoms with Crippen LogP contribution in [-0.4, -0.2) is 57.4 Å². The summed E-state index contributed by atoms with van der Waals surface area (Å²) >= 11 is 0. The van der Waals surface area contributed by atoms with Crippen molar-refractivity contribution in [2.75, 3.05) is 32.6 Å². The zero-order chi connectivity index (χ0) is 13.9. The van der Waals surface area contributed by atoms with E-state index in [4.69, 9.17) is 4.74 Å². The first kappa shape index (κ1) is 15.2. The maximum absolute atomic E-state index is 12.4. The lowest BCUT2D eigenvalue weighted by atomic mass is 10.2. The van der Waals surface area contributed by atoms with Crippen LogP contribution >= 0.6 is 0 Å². The molecule has 2 aliphatic rings. The molecule has 19 heavy (non-hydrogen) atoms. The lowest BCUT2D eigenvalue weighted by Crippen LogP contribution is -2.44. The predicted octanol–water partition coefficient (Wildman–Crippen LogP) is 0.815. The largest absolute Gasteiger partial charge is 0.383 e. The molecule has 0 radical (unpaired) electrons. The lowest BCUT2D eigenvalue weighted by Gasteiger charge is -2.28. The minimum absolute atomic E-state index is 0.112. The van der Waals surface area contributed by atoms with Gasteiger partial charge in [0.05, 0.1) is 12.4 Å². The lowest BCUT2D eigenvalue weighted by molar-refractivity contribution is 0.164. The van der Waals surface area contributed by atoms with Crippen molar-refractivity contribution in [1.82, 2.24) is 9.62 Å². The molecule has 5 nitrogen and oxygen atoms in total. The number of ether oxygens (including phenoxy) is 1. The second kappa shape index (κ2) is 6.52. The van der Waals surface area contributed by atoms with Gasteiger partial charge in [0.25, 0.3) is 0 Å². The maximum Gasteiger partial charge on any atom is 0.215 e. The van der Waals surface area contributed by atoms with E-state index in [2.05, 4.69) is 5.32 Å². The second-order valence-electron chi connectivity index (χ2n) is 5.73. The Kier molecular flexibility index (Phi) is 5.22. The summed E-state index contributed by atoms with van der Waals surface area (Å²) in [7, 11) is -1.56. The molecular weight excluding hydrogens is 264 g/mol. The summed E-state index contributed by atoms with van der Waals surface area (Å²) in [5, 5.41) is 3.27. The van der Waals surface area contributed by atoms with Gasteiger partial charge in [-0.15, -0.1) is 0 Å². The van der Waals surface area contributed by atoms with Crippen LogP contribution in [0.2, 0.25) is 0 Å². The third kappa shape index (κ3) is 4.70. The molecule has 2 rings (SSSR count). The number of hydrogen-bond acceptors (Lipinski definition) is 4. The summed E-state index contributed by atoms with van der Waals surface area (Å²) in [5.74, 6) is 0.743. The fourth-order valence-corrected chi connectivity index (χ4v) is 4.03. The highest BCUT2D eigenvalue weighted by molar-refractivity contribution is 7.89. The molecule has 0 aromatic carbocycles. The number of nitrogens with one attached hydrogen (secondary N) is 1. The van der Waals surface area contributed by atoms with Gasteiger partial charge in [-0.25, -0.2) is 8.42 Å². The highest BCUT2D eigenvalue weighted by Gasteiger charge is 2.37. The average Bonchev–Trinajstić information content (AvgIpc) is 3.22. The maximum atomic E-state index is 12.4. The standard InChI is InChI=1S/C13H26N2O3S/c1-11(12-3-4-12)15(8-9-18-2)19(16,17)10-7-14-13-5-6-13/h11-14H,3-10H2,1-2H3. The third-order valence-electron chi connectivity index (χ3n) is 4.00. The van der Waals surface area contributed by atoms with Crippen molar-refractivity contribution in [3.05, 3.63) is 0 Å². The molecule has 2 fully saturated rings. The Balaban J connectivity index is 1.88. The van der Waals surface area contributed by atoms with Crippen molar-refractivity contribution in [3.8, 4) is 0 Å². The summed E-state index contributed by atoms with van der Waals surface area (Å²) in [6.07, 6.45) is 4.68. The first-order valence-electron chi connectivity index (χ1n) is 7.26. The molecule has 0 aromatic heterocycles. The van der Waals surface area contributed by atoms with E-state index in [0.717, 1.165) is 12.8 Å². The third-order valence-corrected chi connectivity index (χ3v) is 5.95. The Bertz CT molecular complexity index is 377. The SMILES string of the molecule is COCCN(C(C)C1CC1)S(=O)(=O)CCNC1CC1. The highest BCUT2D eigenvalue weighted by atomic mass is 32.2. The van der Waals surface area contributed by atoms with Gasteiger partial charge in [0.1, 0.15) is 0 Å². The van der Waals surface area contributed by atoms with Gasteiger partial charge >= 0.3 is 0 Å². The average molecular weight is 290 g/mol. The molecule has 0 bridgehead atoms. The van der Waals surface area contributed by atoms with Gasteiger partial charge in [-0.2, -0.15) is 4.31 Å². The predicted molar refractivity (Wildman–Crippen MR) is 75.6 cm³/mol. The van der Waals surface area contributed by atoms with Gasteiger partial charge < -0.3 is 10.1 Å². The van der Waals surface area contributed by atoms with Gasteiger partial charge in [-0.3, -0.25) is 0 Å². The van der Waals surface area contributed by atoms with Crippen LogP contribution in [0.3, 0.4) is 0 Å². The van der Waals surface area contributed by atoms with Crippen molar-refractivity contribution in [1.29, 1.82) is 0 Å². The minimum atomic E-state index is -3.18. The zero-order valence-corrected chi connectivity index (χ0v) is 12.8. The molecule has 0 heterocycles. The summed E-state index contributed by atoms with van der Waals surface area (Å²) < 4.78 is 31.6. The Morgan fingerprint density at radius 3 is 2.53 bits per heavy atom. The monoisotopic (exact) mass is 290 g/mol. The molecule has 2 saturated carbocycles. The van der Waals surface area contributed by atoms with Gasteiger partial charge in [-0.05, 0) is 38.5 Å². The van der Waals surface area contributed by atoms with E-state index in [-0.39, 0.29) is 11.8 Å². The first-order chi connectivity index (χ1) is 9.04. The quantitative estimate of drug-likeness (QED) is 0.647. The molecule has 0 aromatic rings. The Morgan fingerprint density at radius 1 is 1.32 bits per heavy atom. The van der Waals surface area contributed by atoms with Gasteiger partial charge in [-0.1, -0.05) is 0 Å². The minimum Gasteiger partial charge on any atom is -0.383 e. The molecule has 1 unspecified atom stereocenters. The molecule has 1 N–H and O–H groups in total. The Morgan fingerprint density at radius 2 is 2.00 bits per heavy atom. The smallest absolute Gasteiger partial charge is 0.215 e. The molecule has 0 spiro atoms. The first-order valence-corrected chi connectivity index (χ1v) is 8.87. The molecule has 1 atom stereocenters. The van der Waals surface area contributed by atoms with E-state index in [1.807, 2.05) is 6.92 Å². The molecule has 6 heteroatoms. The number of sulfonamides is 1. The topological polar surface area (TPSA) is 58.6 Å². The summed E-state index contributed by atoms with van der Waals surface area (Å²) in [6.45, 7) is 3.53. The summed E-state index contributed by atoms with van der Waals surface area (Å²) in [4.78, 5) is 0. The highest BCUT2D eigenvalue weighted by Crippen LogP contribution is 2.36. The molecule has 2 aliphatic carbocycles.